The third kappa shape index (κ3) is 8.91. The normalized spacial score (nSPS) is 0. The van der Waals surface area contributed by atoms with Crippen LogP contribution in [0.5, 0.6) is 0 Å². The van der Waals surface area contributed by atoms with Crippen LogP contribution in [0.2, 0.25) is 0 Å². The van der Waals surface area contributed by atoms with Gasteiger partial charge < -0.3 is 11.0 Å². The van der Waals surface area contributed by atoms with E-state index in [1.165, 1.54) is 0 Å². The standard InChI is InChI=1S/2Ba.2H2O.4H/h;;2*1H2;;;;. The van der Waals surface area contributed by atoms with Crippen LogP contribution in [0.1, 0.15) is 0 Å². The Labute approximate surface area is 105 Å². The molecule has 4 heavy (non-hydrogen) atoms. The Morgan fingerprint density at radius 3 is 0.500 bits per heavy atom. The first kappa shape index (κ1) is 27.7. The van der Waals surface area contributed by atoms with E-state index in [1.54, 1.807) is 0 Å². The molecule has 0 aromatic rings. The molecule has 0 bridgehead atoms. The van der Waals surface area contributed by atoms with Gasteiger partial charge in [-0.15, -0.1) is 0 Å². The quantitative estimate of drug-likeness (QED) is 0.417. The van der Waals surface area contributed by atoms with Crippen molar-refractivity contribution in [3.8, 4) is 0 Å². The second-order valence-electron chi connectivity index (χ2n) is 0. The first-order valence-electron chi connectivity index (χ1n) is 0. The van der Waals surface area contributed by atoms with Crippen LogP contribution in [0, 0.1) is 0 Å². The number of hydrogen-bond acceptors (Lipinski definition) is 0. The van der Waals surface area contributed by atoms with E-state index in [-0.39, 0.29) is 109 Å². The van der Waals surface area contributed by atoms with Crippen molar-refractivity contribution in [3.63, 3.8) is 0 Å². The Kier molecular flexibility index (Phi) is 115. The second-order valence-corrected chi connectivity index (χ2v) is 0. The molecular weight excluding hydrogens is 307 g/mol. The van der Waals surface area contributed by atoms with Gasteiger partial charge in [0.25, 0.3) is 0 Å². The van der Waals surface area contributed by atoms with Crippen LogP contribution in [0.3, 0.4) is 0 Å². The maximum atomic E-state index is 0. The van der Waals surface area contributed by atoms with Crippen LogP contribution in [0.25, 0.3) is 0 Å². The van der Waals surface area contributed by atoms with Crippen LogP contribution in [-0.2, 0) is 0 Å². The Morgan fingerprint density at radius 2 is 0.500 bits per heavy atom. The fourth-order valence-electron chi connectivity index (χ4n) is 0. The fraction of sp³-hybridized carbons (Fsp3) is 0. The van der Waals surface area contributed by atoms with Gasteiger partial charge in [-0.1, -0.05) is 0 Å². The summed E-state index contributed by atoms with van der Waals surface area (Å²) < 4.78 is 0. The van der Waals surface area contributed by atoms with Crippen molar-refractivity contribution >= 4 is 97.8 Å². The van der Waals surface area contributed by atoms with Crippen LogP contribution in [-0.4, -0.2) is 109 Å². The zero-order chi connectivity index (χ0) is 0. The number of hydrogen-bond donors (Lipinski definition) is 0. The van der Waals surface area contributed by atoms with Crippen molar-refractivity contribution in [1.82, 2.24) is 0 Å². The summed E-state index contributed by atoms with van der Waals surface area (Å²) in [5.74, 6) is 0. The van der Waals surface area contributed by atoms with E-state index in [9.17, 15) is 0 Å². The van der Waals surface area contributed by atoms with Crippen molar-refractivity contribution in [2.24, 2.45) is 0 Å². The molecule has 0 amide bonds. The van der Waals surface area contributed by atoms with E-state index in [0.717, 1.165) is 0 Å². The molecule has 0 spiro atoms. The van der Waals surface area contributed by atoms with Gasteiger partial charge in [-0.25, -0.2) is 0 Å². The summed E-state index contributed by atoms with van der Waals surface area (Å²) in [7, 11) is 0. The van der Waals surface area contributed by atoms with Gasteiger partial charge in [0, 0.05) is 0 Å². The van der Waals surface area contributed by atoms with E-state index >= 15 is 0 Å². The van der Waals surface area contributed by atoms with Gasteiger partial charge in [-0.2, -0.15) is 0 Å². The predicted molar refractivity (Wildman–Crippen MR) is 24.3 cm³/mol. The van der Waals surface area contributed by atoms with Crippen LogP contribution >= 0.6 is 0 Å². The first-order chi connectivity index (χ1) is 0. The predicted octanol–water partition coefficient (Wildman–Crippen LogP) is -3.48. The molecule has 0 rings (SSSR count). The van der Waals surface area contributed by atoms with Crippen molar-refractivity contribution in [1.29, 1.82) is 0 Å². The van der Waals surface area contributed by atoms with Gasteiger partial charge in [-0.05, 0) is 0 Å². The van der Waals surface area contributed by atoms with Gasteiger partial charge in [0.1, 0.15) is 0 Å². The summed E-state index contributed by atoms with van der Waals surface area (Å²) in [6.45, 7) is 0. The molecule has 0 aliphatic carbocycles. The molecule has 0 aliphatic rings. The third-order valence-corrected chi connectivity index (χ3v) is 0. The van der Waals surface area contributed by atoms with Gasteiger partial charge in [-0.3, -0.25) is 0 Å². The fourth-order valence-corrected chi connectivity index (χ4v) is 0. The van der Waals surface area contributed by atoms with Gasteiger partial charge in [0.2, 0.25) is 0 Å². The zero-order valence-corrected chi connectivity index (χ0v) is 1.00. The molecule has 0 aromatic carbocycles. The Morgan fingerprint density at radius 1 is 0.500 bits per heavy atom. The summed E-state index contributed by atoms with van der Waals surface area (Å²) in [5, 5.41) is 0. The van der Waals surface area contributed by atoms with Crippen LogP contribution in [0.15, 0.2) is 0 Å². The molecule has 4 heteroatoms. The topological polar surface area (TPSA) is 63.0 Å². The van der Waals surface area contributed by atoms with Gasteiger partial charge in [0.05, 0.1) is 0 Å². The average molecular weight is 315 g/mol. The molecule has 0 heterocycles. The molecule has 0 unspecified atom stereocenters. The average Bonchev–Trinajstić information content (AvgIpc) is 0. The van der Waals surface area contributed by atoms with E-state index in [2.05, 4.69) is 0 Å². The van der Waals surface area contributed by atoms with E-state index in [0.29, 0.717) is 0 Å². The molecular formula is H8Ba2O2. The monoisotopic (exact) mass is 316 g/mol. The Bertz CT molecular complexity index is 4.00. The van der Waals surface area contributed by atoms with E-state index in [4.69, 9.17) is 0 Å². The van der Waals surface area contributed by atoms with Crippen molar-refractivity contribution < 1.29 is 11.0 Å². The molecule has 4 N–H and O–H groups in total. The number of rotatable bonds is 0. The van der Waals surface area contributed by atoms with Crippen molar-refractivity contribution in [2.45, 2.75) is 0 Å². The van der Waals surface area contributed by atoms with Gasteiger partial charge in [0.15, 0.2) is 0 Å². The Balaban J connectivity index is 0. The second kappa shape index (κ2) is 16.6. The molecule has 0 fully saturated rings. The maximum absolute atomic E-state index is 0. The van der Waals surface area contributed by atoms with Gasteiger partial charge >= 0.3 is 97.8 Å². The van der Waals surface area contributed by atoms with Crippen LogP contribution < -0.4 is 0 Å². The summed E-state index contributed by atoms with van der Waals surface area (Å²) in [6.07, 6.45) is 0. The summed E-state index contributed by atoms with van der Waals surface area (Å²) in [4.78, 5) is 0. The molecule has 0 saturated heterocycles. The molecule has 0 aliphatic heterocycles. The first-order valence-corrected chi connectivity index (χ1v) is 0. The minimum atomic E-state index is 0. The molecule has 24 valence electrons. The van der Waals surface area contributed by atoms with Crippen molar-refractivity contribution in [3.05, 3.63) is 0 Å². The molecule has 0 radical (unpaired) electrons. The molecule has 0 atom stereocenters. The Hall–Kier alpha value is 3.06. The summed E-state index contributed by atoms with van der Waals surface area (Å²) in [6, 6.07) is 0. The molecule has 2 nitrogen and oxygen atoms in total. The molecule has 0 aromatic heterocycles. The third-order valence-electron chi connectivity index (χ3n) is 0. The van der Waals surface area contributed by atoms with E-state index < -0.39 is 0 Å². The van der Waals surface area contributed by atoms with E-state index in [1.807, 2.05) is 0 Å². The summed E-state index contributed by atoms with van der Waals surface area (Å²) >= 11 is 0. The SMILES string of the molecule is O.O.[BaH2].[BaH2]. The summed E-state index contributed by atoms with van der Waals surface area (Å²) in [5.41, 5.74) is 0. The zero-order valence-electron chi connectivity index (χ0n) is 1.00. The van der Waals surface area contributed by atoms with Crippen LogP contribution in [0.4, 0.5) is 0 Å². The van der Waals surface area contributed by atoms with Crippen molar-refractivity contribution in [2.75, 3.05) is 0 Å². The minimum absolute atomic E-state index is 0. The molecule has 0 saturated carbocycles.